The van der Waals surface area contributed by atoms with Gasteiger partial charge in [0, 0.05) is 11.6 Å². The Bertz CT molecular complexity index is 1090. The van der Waals surface area contributed by atoms with Crippen molar-refractivity contribution in [1.82, 2.24) is 0 Å². The number of fused-ring (bicyclic) bond motifs is 4. The lowest BCUT2D eigenvalue weighted by Gasteiger charge is -2.39. The molecule has 0 fully saturated rings. The van der Waals surface area contributed by atoms with Crippen LogP contribution in [0.15, 0.2) is 66.7 Å². The van der Waals surface area contributed by atoms with Gasteiger partial charge < -0.3 is 10.4 Å². The predicted molar refractivity (Wildman–Crippen MR) is 108 cm³/mol. The Balaban J connectivity index is 1.70. The standard InChI is InChI=1S/C24H21NO2/c1-14-16(24(26)27)12-13-21-18-9-5-11-20(18)23(25-22(14)21)19-10-4-7-15-6-2-3-8-17(15)19/h2-10,12-13,18,20,23,25H,11H2,1H3,(H,26,27)/t18?,20?,23-/m0/s1. The van der Waals surface area contributed by atoms with Crippen molar-refractivity contribution < 1.29 is 9.90 Å². The normalized spacial score (nSPS) is 22.9. The molecular weight excluding hydrogens is 334 g/mol. The summed E-state index contributed by atoms with van der Waals surface area (Å²) in [4.78, 5) is 11.6. The molecule has 2 N–H and O–H groups in total. The first kappa shape index (κ1) is 16.1. The summed E-state index contributed by atoms with van der Waals surface area (Å²) in [6.07, 6.45) is 5.59. The third kappa shape index (κ3) is 2.38. The molecule has 0 saturated heterocycles. The second-order valence-electron chi connectivity index (χ2n) is 7.55. The highest BCUT2D eigenvalue weighted by atomic mass is 16.4. The average molecular weight is 355 g/mol. The maximum atomic E-state index is 11.6. The van der Waals surface area contributed by atoms with Gasteiger partial charge >= 0.3 is 5.97 Å². The van der Waals surface area contributed by atoms with Gasteiger partial charge in [-0.05, 0) is 52.8 Å². The zero-order chi connectivity index (χ0) is 18.5. The minimum Gasteiger partial charge on any atom is -0.478 e. The fourth-order valence-electron chi connectivity index (χ4n) is 4.88. The smallest absolute Gasteiger partial charge is 0.336 e. The Labute approximate surface area is 158 Å². The third-order valence-electron chi connectivity index (χ3n) is 6.19. The van der Waals surface area contributed by atoms with Gasteiger partial charge in [0.25, 0.3) is 0 Å². The van der Waals surface area contributed by atoms with Gasteiger partial charge in [0.15, 0.2) is 0 Å². The number of rotatable bonds is 2. The molecule has 3 heteroatoms. The van der Waals surface area contributed by atoms with Gasteiger partial charge in [0.2, 0.25) is 0 Å². The Morgan fingerprint density at radius 3 is 2.70 bits per heavy atom. The van der Waals surface area contributed by atoms with Crippen LogP contribution in [0.3, 0.4) is 0 Å². The van der Waals surface area contributed by atoms with Crippen LogP contribution in [0.5, 0.6) is 0 Å². The molecule has 2 unspecified atom stereocenters. The zero-order valence-corrected chi connectivity index (χ0v) is 15.1. The molecule has 0 spiro atoms. The van der Waals surface area contributed by atoms with Crippen LogP contribution in [-0.2, 0) is 0 Å². The van der Waals surface area contributed by atoms with E-state index in [1.807, 2.05) is 13.0 Å². The first-order chi connectivity index (χ1) is 13.1. The molecule has 0 bridgehead atoms. The molecule has 0 radical (unpaired) electrons. The van der Waals surface area contributed by atoms with Crippen LogP contribution in [0.1, 0.15) is 45.4 Å². The van der Waals surface area contributed by atoms with E-state index in [1.165, 1.54) is 21.9 Å². The Kier molecular flexibility index (Phi) is 3.57. The maximum Gasteiger partial charge on any atom is 0.336 e. The summed E-state index contributed by atoms with van der Waals surface area (Å²) in [7, 11) is 0. The van der Waals surface area contributed by atoms with Crippen molar-refractivity contribution in [2.24, 2.45) is 5.92 Å². The summed E-state index contributed by atoms with van der Waals surface area (Å²) in [6.45, 7) is 1.91. The summed E-state index contributed by atoms with van der Waals surface area (Å²) in [5.74, 6) is -0.104. The fourth-order valence-corrected chi connectivity index (χ4v) is 4.88. The molecule has 1 aliphatic carbocycles. The maximum absolute atomic E-state index is 11.6. The SMILES string of the molecule is Cc1c(C(=O)O)ccc2c1N[C@@H](c1cccc3ccccc13)C1CC=CC21. The molecule has 0 saturated carbocycles. The third-order valence-corrected chi connectivity index (χ3v) is 6.19. The van der Waals surface area contributed by atoms with Gasteiger partial charge in [-0.2, -0.15) is 0 Å². The van der Waals surface area contributed by atoms with Crippen LogP contribution in [0.25, 0.3) is 10.8 Å². The lowest BCUT2D eigenvalue weighted by atomic mass is 9.75. The number of carboxylic acids is 1. The summed E-state index contributed by atoms with van der Waals surface area (Å²) in [5, 5.41) is 15.8. The second-order valence-corrected chi connectivity index (χ2v) is 7.55. The number of hydrogen-bond donors (Lipinski definition) is 2. The van der Waals surface area contributed by atoms with Crippen LogP contribution in [-0.4, -0.2) is 11.1 Å². The van der Waals surface area contributed by atoms with Crippen LogP contribution < -0.4 is 5.32 Å². The van der Waals surface area contributed by atoms with Crippen molar-refractivity contribution in [2.45, 2.75) is 25.3 Å². The molecular formula is C24H21NO2. The highest BCUT2D eigenvalue weighted by molar-refractivity contribution is 5.92. The van der Waals surface area contributed by atoms with E-state index in [0.717, 1.165) is 17.7 Å². The molecule has 3 aromatic rings. The van der Waals surface area contributed by atoms with E-state index in [1.54, 1.807) is 6.07 Å². The zero-order valence-electron chi connectivity index (χ0n) is 15.1. The van der Waals surface area contributed by atoms with Gasteiger partial charge in [0.05, 0.1) is 11.6 Å². The van der Waals surface area contributed by atoms with E-state index in [4.69, 9.17) is 0 Å². The molecule has 3 aromatic carbocycles. The Hall–Kier alpha value is -3.07. The summed E-state index contributed by atoms with van der Waals surface area (Å²) in [6, 6.07) is 18.8. The quantitative estimate of drug-likeness (QED) is 0.582. The lowest BCUT2D eigenvalue weighted by molar-refractivity contribution is 0.0696. The summed E-state index contributed by atoms with van der Waals surface area (Å²) in [5.41, 5.74) is 4.69. The van der Waals surface area contributed by atoms with Crippen LogP contribution in [0, 0.1) is 12.8 Å². The number of carboxylic acid groups (broad SMARTS) is 1. The number of allylic oxidation sites excluding steroid dienone is 2. The minimum atomic E-state index is -0.872. The van der Waals surface area contributed by atoms with Crippen LogP contribution in [0.2, 0.25) is 0 Å². The first-order valence-corrected chi connectivity index (χ1v) is 9.43. The van der Waals surface area contributed by atoms with Gasteiger partial charge in [0.1, 0.15) is 0 Å². The second kappa shape index (κ2) is 5.98. The van der Waals surface area contributed by atoms with Gasteiger partial charge in [-0.15, -0.1) is 0 Å². The van der Waals surface area contributed by atoms with Gasteiger partial charge in [-0.25, -0.2) is 4.79 Å². The molecule has 0 aromatic heterocycles. The van der Waals surface area contributed by atoms with Crippen molar-refractivity contribution in [2.75, 3.05) is 5.32 Å². The highest BCUT2D eigenvalue weighted by Gasteiger charge is 2.39. The Morgan fingerprint density at radius 1 is 1.04 bits per heavy atom. The topological polar surface area (TPSA) is 49.3 Å². The van der Waals surface area contributed by atoms with Crippen LogP contribution >= 0.6 is 0 Å². The van der Waals surface area contributed by atoms with E-state index < -0.39 is 5.97 Å². The summed E-state index contributed by atoms with van der Waals surface area (Å²) >= 11 is 0. The van der Waals surface area contributed by atoms with E-state index in [-0.39, 0.29) is 6.04 Å². The van der Waals surface area contributed by atoms with Gasteiger partial charge in [-0.1, -0.05) is 60.7 Å². The number of hydrogen-bond acceptors (Lipinski definition) is 2. The molecule has 1 aliphatic heterocycles. The number of anilines is 1. The molecule has 2 aliphatic rings. The van der Waals surface area contributed by atoms with Crippen molar-refractivity contribution in [3.63, 3.8) is 0 Å². The van der Waals surface area contributed by atoms with Crippen LogP contribution in [0.4, 0.5) is 5.69 Å². The first-order valence-electron chi connectivity index (χ1n) is 9.43. The average Bonchev–Trinajstić information content (AvgIpc) is 3.17. The number of carbonyl (C=O) groups is 1. The molecule has 0 amide bonds. The monoisotopic (exact) mass is 355 g/mol. The van der Waals surface area contributed by atoms with E-state index >= 15 is 0 Å². The molecule has 1 heterocycles. The van der Waals surface area contributed by atoms with Crippen molar-refractivity contribution in [3.05, 3.63) is 89.0 Å². The summed E-state index contributed by atoms with van der Waals surface area (Å²) < 4.78 is 0. The number of aromatic carboxylic acids is 1. The minimum absolute atomic E-state index is 0.159. The Morgan fingerprint density at radius 2 is 1.85 bits per heavy atom. The van der Waals surface area contributed by atoms with Crippen molar-refractivity contribution in [1.29, 1.82) is 0 Å². The number of nitrogens with one attached hydrogen (secondary N) is 1. The number of benzene rings is 3. The molecule has 3 nitrogen and oxygen atoms in total. The molecule has 134 valence electrons. The molecule has 3 atom stereocenters. The lowest BCUT2D eigenvalue weighted by Crippen LogP contribution is -2.30. The van der Waals surface area contributed by atoms with E-state index in [2.05, 4.69) is 59.9 Å². The predicted octanol–water partition coefficient (Wildman–Crippen LogP) is 5.67. The van der Waals surface area contributed by atoms with E-state index in [0.29, 0.717) is 17.4 Å². The fraction of sp³-hybridized carbons (Fsp3) is 0.208. The molecule has 5 rings (SSSR count). The highest BCUT2D eigenvalue weighted by Crippen LogP contribution is 2.51. The van der Waals surface area contributed by atoms with E-state index in [9.17, 15) is 9.90 Å². The van der Waals surface area contributed by atoms with Crippen molar-refractivity contribution >= 4 is 22.4 Å². The van der Waals surface area contributed by atoms with Crippen molar-refractivity contribution in [3.8, 4) is 0 Å². The molecule has 27 heavy (non-hydrogen) atoms. The van der Waals surface area contributed by atoms with Gasteiger partial charge in [-0.3, -0.25) is 0 Å². The largest absolute Gasteiger partial charge is 0.478 e.